The lowest BCUT2D eigenvalue weighted by atomic mass is 9.93. The highest BCUT2D eigenvalue weighted by Gasteiger charge is 2.40. The van der Waals surface area contributed by atoms with Crippen LogP contribution in [0.5, 0.6) is 0 Å². The van der Waals surface area contributed by atoms with E-state index >= 15 is 0 Å². The number of anilines is 4. The fourth-order valence-electron chi connectivity index (χ4n) is 5.22. The molecule has 1 saturated carbocycles. The second-order valence-electron chi connectivity index (χ2n) is 9.80. The summed E-state index contributed by atoms with van der Waals surface area (Å²) in [6.45, 7) is 5.03. The topological polar surface area (TPSA) is 135 Å². The number of aliphatic hydroxyl groups excluding tert-OH is 1. The standard InChI is InChI=1S/C25H33ClN6O4/c1-15-2-3-17(14-19(15)32-10-8-25(9-11-32)35-12-13-36-25)29-23-20(22(27)34)30-21(26)24(31-23)28-16-4-6-18(33)7-5-16/h2-3,14,16,18,33H,4-13H2,1H3,(H2,27,34)(H2,28,29,31)/t16-,18-. The SMILES string of the molecule is Cc1ccc(Nc2nc(N[C@H]3CC[C@H](O)CC3)c(Cl)nc2C(N)=O)cc1N1CCC2(CC1)OCCO2. The van der Waals surface area contributed by atoms with Gasteiger partial charge in [0.15, 0.2) is 28.3 Å². The largest absolute Gasteiger partial charge is 0.393 e. The zero-order valence-corrected chi connectivity index (χ0v) is 21.2. The summed E-state index contributed by atoms with van der Waals surface area (Å²) in [7, 11) is 0. The van der Waals surface area contributed by atoms with Gasteiger partial charge in [0.2, 0.25) is 0 Å². The van der Waals surface area contributed by atoms with Gasteiger partial charge >= 0.3 is 0 Å². The summed E-state index contributed by atoms with van der Waals surface area (Å²) in [6.07, 6.45) is 4.39. The number of aliphatic hydroxyl groups is 1. The third-order valence-corrected chi connectivity index (χ3v) is 7.54. The van der Waals surface area contributed by atoms with Crippen molar-refractivity contribution in [2.75, 3.05) is 41.8 Å². The highest BCUT2D eigenvalue weighted by atomic mass is 35.5. The molecule has 1 spiro atoms. The summed E-state index contributed by atoms with van der Waals surface area (Å²) in [5.74, 6) is -0.527. The Labute approximate surface area is 215 Å². The molecule has 5 rings (SSSR count). The summed E-state index contributed by atoms with van der Waals surface area (Å²) in [5.41, 5.74) is 8.56. The van der Waals surface area contributed by atoms with Crippen LogP contribution in [-0.2, 0) is 9.47 Å². The van der Waals surface area contributed by atoms with E-state index in [0.717, 1.165) is 68.6 Å². The predicted molar refractivity (Wildman–Crippen MR) is 138 cm³/mol. The molecule has 1 aliphatic carbocycles. The summed E-state index contributed by atoms with van der Waals surface area (Å²) < 4.78 is 11.7. The Bertz CT molecular complexity index is 1110. The van der Waals surface area contributed by atoms with Gasteiger partial charge in [0, 0.05) is 43.3 Å². The lowest BCUT2D eigenvalue weighted by Gasteiger charge is -2.39. The molecule has 10 nitrogen and oxygen atoms in total. The maximum atomic E-state index is 12.1. The molecule has 0 radical (unpaired) electrons. The van der Waals surface area contributed by atoms with Gasteiger partial charge in [-0.25, -0.2) is 9.97 Å². The van der Waals surface area contributed by atoms with Crippen molar-refractivity contribution in [3.63, 3.8) is 0 Å². The molecule has 3 fully saturated rings. The lowest BCUT2D eigenvalue weighted by molar-refractivity contribution is -0.169. The van der Waals surface area contributed by atoms with Gasteiger partial charge in [0.05, 0.1) is 19.3 Å². The van der Waals surface area contributed by atoms with Crippen LogP contribution < -0.4 is 21.3 Å². The molecule has 1 aromatic carbocycles. The number of nitrogens with two attached hydrogens (primary N) is 1. The Morgan fingerprint density at radius 2 is 1.83 bits per heavy atom. The molecule has 5 N–H and O–H groups in total. The van der Waals surface area contributed by atoms with E-state index in [4.69, 9.17) is 26.8 Å². The number of carbonyl (C=O) groups excluding carboxylic acids is 1. The molecule has 2 aromatic rings. The van der Waals surface area contributed by atoms with E-state index in [9.17, 15) is 9.90 Å². The van der Waals surface area contributed by atoms with E-state index in [1.807, 2.05) is 18.2 Å². The third kappa shape index (κ3) is 5.36. The van der Waals surface area contributed by atoms with Crippen LogP contribution in [0.15, 0.2) is 18.2 Å². The maximum Gasteiger partial charge on any atom is 0.271 e. The highest BCUT2D eigenvalue weighted by Crippen LogP contribution is 2.36. The smallest absolute Gasteiger partial charge is 0.271 e. The molecule has 3 aliphatic rings. The summed E-state index contributed by atoms with van der Waals surface area (Å²) in [4.78, 5) is 23.3. The Morgan fingerprint density at radius 1 is 1.14 bits per heavy atom. The minimum Gasteiger partial charge on any atom is -0.393 e. The van der Waals surface area contributed by atoms with Crippen molar-refractivity contribution in [1.82, 2.24) is 9.97 Å². The van der Waals surface area contributed by atoms with Gasteiger partial charge in [-0.05, 0) is 50.3 Å². The number of aromatic nitrogens is 2. The van der Waals surface area contributed by atoms with Gasteiger partial charge < -0.3 is 35.8 Å². The number of halogens is 1. The normalized spacial score (nSPS) is 23.6. The molecule has 11 heteroatoms. The number of nitrogens with one attached hydrogen (secondary N) is 2. The van der Waals surface area contributed by atoms with E-state index in [2.05, 4.69) is 32.4 Å². The maximum absolute atomic E-state index is 12.1. The number of primary amides is 1. The second-order valence-corrected chi connectivity index (χ2v) is 10.2. The molecule has 0 unspecified atom stereocenters. The van der Waals surface area contributed by atoms with Gasteiger partial charge in [0.1, 0.15) is 0 Å². The summed E-state index contributed by atoms with van der Waals surface area (Å²) in [6, 6.07) is 6.13. The van der Waals surface area contributed by atoms with Gasteiger partial charge in [-0.15, -0.1) is 0 Å². The molecule has 2 aliphatic heterocycles. The number of amides is 1. The lowest BCUT2D eigenvalue weighted by Crippen LogP contribution is -2.45. The Morgan fingerprint density at radius 3 is 2.50 bits per heavy atom. The van der Waals surface area contributed by atoms with Crippen molar-refractivity contribution in [1.29, 1.82) is 0 Å². The van der Waals surface area contributed by atoms with Gasteiger partial charge in [-0.2, -0.15) is 0 Å². The van der Waals surface area contributed by atoms with E-state index < -0.39 is 11.7 Å². The van der Waals surface area contributed by atoms with Crippen molar-refractivity contribution < 1.29 is 19.4 Å². The number of hydrogen-bond acceptors (Lipinski definition) is 9. The van der Waals surface area contributed by atoms with Gasteiger partial charge in [-0.1, -0.05) is 17.7 Å². The molecule has 3 heterocycles. The highest BCUT2D eigenvalue weighted by molar-refractivity contribution is 6.32. The zero-order chi connectivity index (χ0) is 25.3. The van der Waals surface area contributed by atoms with Crippen molar-refractivity contribution in [2.24, 2.45) is 5.73 Å². The summed E-state index contributed by atoms with van der Waals surface area (Å²) in [5, 5.41) is 16.4. The van der Waals surface area contributed by atoms with Crippen molar-refractivity contribution in [2.45, 2.75) is 63.4 Å². The third-order valence-electron chi connectivity index (χ3n) is 7.28. The Balaban J connectivity index is 1.36. The van der Waals surface area contributed by atoms with Crippen molar-refractivity contribution in [3.8, 4) is 0 Å². The average molecular weight is 517 g/mol. The first-order valence-corrected chi connectivity index (χ1v) is 12.9. The molecular formula is C25H33ClN6O4. The second kappa shape index (κ2) is 10.4. The molecule has 194 valence electrons. The number of nitrogens with zero attached hydrogens (tertiary/aromatic N) is 3. The quantitative estimate of drug-likeness (QED) is 0.455. The fraction of sp³-hybridized carbons (Fsp3) is 0.560. The average Bonchev–Trinajstić information content (AvgIpc) is 3.32. The fourth-order valence-corrected chi connectivity index (χ4v) is 5.40. The molecule has 2 saturated heterocycles. The van der Waals surface area contributed by atoms with Crippen LogP contribution in [-0.4, -0.2) is 65.2 Å². The van der Waals surface area contributed by atoms with E-state index in [1.54, 1.807) is 0 Å². The summed E-state index contributed by atoms with van der Waals surface area (Å²) >= 11 is 6.35. The predicted octanol–water partition coefficient (Wildman–Crippen LogP) is 3.34. The first kappa shape index (κ1) is 25.0. The van der Waals surface area contributed by atoms with E-state index in [0.29, 0.717) is 19.0 Å². The minimum absolute atomic E-state index is 0.0258. The minimum atomic E-state index is -0.718. The number of aryl methyl sites for hydroxylation is 1. The first-order chi connectivity index (χ1) is 17.3. The van der Waals surface area contributed by atoms with Crippen molar-refractivity contribution in [3.05, 3.63) is 34.6 Å². The van der Waals surface area contributed by atoms with Crippen LogP contribution in [0.3, 0.4) is 0 Å². The number of carbonyl (C=O) groups is 1. The molecule has 0 bridgehead atoms. The van der Waals surface area contributed by atoms with Gasteiger partial charge in [0.25, 0.3) is 5.91 Å². The molecule has 36 heavy (non-hydrogen) atoms. The van der Waals surface area contributed by atoms with E-state index in [1.165, 1.54) is 0 Å². The number of ether oxygens (including phenoxy) is 2. The van der Waals surface area contributed by atoms with Gasteiger partial charge in [-0.3, -0.25) is 4.79 Å². The van der Waals surface area contributed by atoms with Crippen LogP contribution in [0, 0.1) is 6.92 Å². The number of benzene rings is 1. The molecular weight excluding hydrogens is 484 g/mol. The van der Waals surface area contributed by atoms with Crippen LogP contribution in [0.25, 0.3) is 0 Å². The molecule has 1 aromatic heterocycles. The van der Waals surface area contributed by atoms with Crippen LogP contribution in [0.4, 0.5) is 23.0 Å². The monoisotopic (exact) mass is 516 g/mol. The molecule has 1 amide bonds. The Kier molecular flexibility index (Phi) is 7.21. The number of piperidine rings is 1. The van der Waals surface area contributed by atoms with Crippen LogP contribution in [0.1, 0.15) is 54.6 Å². The first-order valence-electron chi connectivity index (χ1n) is 12.5. The Hall–Kier alpha value is -2.66. The van der Waals surface area contributed by atoms with Crippen molar-refractivity contribution >= 4 is 40.5 Å². The van der Waals surface area contributed by atoms with Crippen LogP contribution in [0.2, 0.25) is 5.15 Å². The zero-order valence-electron chi connectivity index (χ0n) is 20.4. The number of rotatable bonds is 6. The van der Waals surface area contributed by atoms with E-state index in [-0.39, 0.29) is 28.8 Å². The molecule has 0 atom stereocenters. The van der Waals surface area contributed by atoms with Crippen LogP contribution >= 0.6 is 11.6 Å². The number of hydrogen-bond donors (Lipinski definition) is 4.